The van der Waals surface area contributed by atoms with Gasteiger partial charge in [-0.1, -0.05) is 0 Å². The van der Waals surface area contributed by atoms with E-state index in [1.807, 2.05) is 0 Å². The van der Waals surface area contributed by atoms with Gasteiger partial charge in [-0.25, -0.2) is 16.8 Å². The van der Waals surface area contributed by atoms with Crippen LogP contribution < -0.4 is 10.6 Å². The van der Waals surface area contributed by atoms with E-state index in [-0.39, 0.29) is 13.1 Å². The Morgan fingerprint density at radius 1 is 1.39 bits per heavy atom. The molecule has 0 aromatic rings. The van der Waals surface area contributed by atoms with E-state index in [9.17, 15) is 21.6 Å². The van der Waals surface area contributed by atoms with Crippen molar-refractivity contribution in [3.8, 4) is 0 Å². The van der Waals surface area contributed by atoms with Crippen LogP contribution in [0.25, 0.3) is 0 Å². The van der Waals surface area contributed by atoms with Gasteiger partial charge in [0.05, 0.1) is 0 Å². The Morgan fingerprint density at radius 3 is 2.50 bits per heavy atom. The van der Waals surface area contributed by atoms with Crippen LogP contribution in [0.5, 0.6) is 0 Å². The maximum Gasteiger partial charge on any atom is 0.239 e. The molecule has 2 N–H and O–H groups in total. The van der Waals surface area contributed by atoms with Crippen molar-refractivity contribution in [2.75, 3.05) is 38.0 Å². The molecule has 0 aromatic heterocycles. The molecule has 18 heavy (non-hydrogen) atoms. The molecule has 0 saturated carbocycles. The molecule has 1 saturated heterocycles. The first kappa shape index (κ1) is 15.3. The fraction of sp³-hybridized carbons (Fsp3) is 0.875. The summed E-state index contributed by atoms with van der Waals surface area (Å²) in [6.07, 6.45) is 0.849. The van der Waals surface area contributed by atoms with Crippen molar-refractivity contribution >= 4 is 25.8 Å². The quantitative estimate of drug-likeness (QED) is 0.586. The van der Waals surface area contributed by atoms with Crippen molar-refractivity contribution in [3.63, 3.8) is 0 Å². The number of nitrogens with zero attached hydrogens (tertiary/aromatic N) is 1. The van der Waals surface area contributed by atoms with Gasteiger partial charge >= 0.3 is 0 Å². The number of carbonyl (C=O) groups excluding carboxylic acids is 1. The lowest BCUT2D eigenvalue weighted by Gasteiger charge is -2.33. The van der Waals surface area contributed by atoms with Crippen LogP contribution in [-0.4, -0.2) is 71.1 Å². The third kappa shape index (κ3) is 3.90. The van der Waals surface area contributed by atoms with E-state index >= 15 is 0 Å². The summed E-state index contributed by atoms with van der Waals surface area (Å²) in [5, 5.41) is 4.29. The number of sulfonamides is 1. The van der Waals surface area contributed by atoms with E-state index in [4.69, 9.17) is 0 Å². The summed E-state index contributed by atoms with van der Waals surface area (Å²) in [7, 11) is -6.27. The lowest BCUT2D eigenvalue weighted by molar-refractivity contribution is -0.124. The summed E-state index contributed by atoms with van der Waals surface area (Å²) in [5.41, 5.74) is 0. The van der Waals surface area contributed by atoms with Crippen molar-refractivity contribution in [2.24, 2.45) is 0 Å². The second-order valence-corrected chi connectivity index (χ2v) is 8.53. The Labute approximate surface area is 107 Å². The van der Waals surface area contributed by atoms with Crippen molar-refractivity contribution < 1.29 is 21.6 Å². The van der Waals surface area contributed by atoms with Gasteiger partial charge in [-0.2, -0.15) is 4.31 Å². The van der Waals surface area contributed by atoms with E-state index in [0.29, 0.717) is 6.54 Å². The number of carbonyl (C=O) groups is 1. The third-order valence-electron chi connectivity index (χ3n) is 2.46. The van der Waals surface area contributed by atoms with Crippen LogP contribution in [0.3, 0.4) is 0 Å². The Hall–Kier alpha value is -0.710. The average molecular weight is 299 g/mol. The molecular weight excluding hydrogens is 282 g/mol. The fourth-order valence-electron chi connectivity index (χ4n) is 1.75. The molecule has 1 amide bonds. The van der Waals surface area contributed by atoms with Crippen LogP contribution in [-0.2, 0) is 24.7 Å². The van der Waals surface area contributed by atoms with Gasteiger partial charge < -0.3 is 10.6 Å². The summed E-state index contributed by atoms with van der Waals surface area (Å²) in [6.45, 7) is 0.634. The number of amides is 1. The molecule has 1 heterocycles. The molecule has 0 bridgehead atoms. The number of hydrogen-bond acceptors (Lipinski definition) is 6. The van der Waals surface area contributed by atoms with Crippen LogP contribution in [0.15, 0.2) is 0 Å². The van der Waals surface area contributed by atoms with Crippen LogP contribution >= 0.6 is 0 Å². The standard InChI is InChI=1S/C8H17N3O5S2/c1-9-8(12)7-5-10-3-4-11(7)18(15,16)6-17(2,13)14/h7,10H,3-6H2,1-2H3,(H,9,12). The van der Waals surface area contributed by atoms with Gasteiger partial charge in [0.2, 0.25) is 15.9 Å². The summed E-state index contributed by atoms with van der Waals surface area (Å²) in [5.74, 6) is -0.459. The van der Waals surface area contributed by atoms with Crippen LogP contribution in [0, 0.1) is 0 Å². The Bertz CT molecular complexity index is 513. The van der Waals surface area contributed by atoms with Crippen molar-refractivity contribution in [1.82, 2.24) is 14.9 Å². The molecule has 0 aromatic carbocycles. The summed E-state index contributed by atoms with van der Waals surface area (Å²) < 4.78 is 47.1. The largest absolute Gasteiger partial charge is 0.358 e. The fourth-order valence-corrected chi connectivity index (χ4v) is 5.38. The second-order valence-electron chi connectivity index (χ2n) is 4.10. The van der Waals surface area contributed by atoms with Gasteiger partial charge in [0, 0.05) is 32.9 Å². The summed E-state index contributed by atoms with van der Waals surface area (Å²) in [6, 6.07) is -0.907. The van der Waals surface area contributed by atoms with E-state index in [1.54, 1.807) is 0 Å². The third-order valence-corrected chi connectivity index (χ3v) is 6.52. The number of nitrogens with one attached hydrogen (secondary N) is 2. The maximum absolute atomic E-state index is 12.0. The minimum absolute atomic E-state index is 0.0793. The SMILES string of the molecule is CNC(=O)C1CNCCN1S(=O)(=O)CS(C)(=O)=O. The average Bonchev–Trinajstić information content (AvgIpc) is 2.25. The zero-order valence-electron chi connectivity index (χ0n) is 10.2. The monoisotopic (exact) mass is 299 g/mol. The highest BCUT2D eigenvalue weighted by Gasteiger charge is 2.37. The van der Waals surface area contributed by atoms with E-state index < -0.39 is 36.9 Å². The Morgan fingerprint density at radius 2 is 2.00 bits per heavy atom. The molecule has 1 fully saturated rings. The number of hydrogen-bond donors (Lipinski definition) is 2. The van der Waals surface area contributed by atoms with E-state index in [2.05, 4.69) is 10.6 Å². The minimum Gasteiger partial charge on any atom is -0.358 e. The molecule has 1 rings (SSSR count). The summed E-state index contributed by atoms with van der Waals surface area (Å²) >= 11 is 0. The molecule has 1 aliphatic heterocycles. The highest BCUT2D eigenvalue weighted by molar-refractivity contribution is 8.06. The van der Waals surface area contributed by atoms with Crippen LogP contribution in [0.2, 0.25) is 0 Å². The van der Waals surface area contributed by atoms with Gasteiger partial charge in [0.15, 0.2) is 14.9 Å². The number of likely N-dealkylation sites (N-methyl/N-ethyl adjacent to an activating group) is 1. The molecular formula is C8H17N3O5S2. The van der Waals surface area contributed by atoms with Gasteiger partial charge in [0.25, 0.3) is 0 Å². The number of piperazine rings is 1. The van der Waals surface area contributed by atoms with Gasteiger partial charge in [-0.3, -0.25) is 4.79 Å². The van der Waals surface area contributed by atoms with Gasteiger partial charge in [-0.15, -0.1) is 0 Å². The van der Waals surface area contributed by atoms with E-state index in [0.717, 1.165) is 10.6 Å². The topological polar surface area (TPSA) is 113 Å². The summed E-state index contributed by atoms with van der Waals surface area (Å²) in [4.78, 5) is 11.6. The molecule has 1 atom stereocenters. The van der Waals surface area contributed by atoms with Gasteiger partial charge in [-0.05, 0) is 0 Å². The smallest absolute Gasteiger partial charge is 0.239 e. The highest BCUT2D eigenvalue weighted by Crippen LogP contribution is 2.12. The van der Waals surface area contributed by atoms with Crippen LogP contribution in [0.4, 0.5) is 0 Å². The molecule has 1 unspecified atom stereocenters. The predicted molar refractivity (Wildman–Crippen MR) is 66.1 cm³/mol. The zero-order chi connectivity index (χ0) is 14.0. The number of rotatable bonds is 4. The lowest BCUT2D eigenvalue weighted by atomic mass is 10.2. The first-order chi connectivity index (χ1) is 8.17. The molecule has 10 heteroatoms. The molecule has 8 nitrogen and oxygen atoms in total. The van der Waals surface area contributed by atoms with Crippen molar-refractivity contribution in [3.05, 3.63) is 0 Å². The van der Waals surface area contributed by atoms with Crippen molar-refractivity contribution in [2.45, 2.75) is 6.04 Å². The Kier molecular flexibility index (Phi) is 4.70. The first-order valence-corrected chi connectivity index (χ1v) is 8.94. The molecule has 0 radical (unpaired) electrons. The molecule has 0 aliphatic carbocycles. The van der Waals surface area contributed by atoms with Gasteiger partial charge in [0.1, 0.15) is 6.04 Å². The van der Waals surface area contributed by atoms with Crippen molar-refractivity contribution in [1.29, 1.82) is 0 Å². The normalized spacial score (nSPS) is 22.7. The lowest BCUT2D eigenvalue weighted by Crippen LogP contribution is -2.59. The molecule has 106 valence electrons. The second kappa shape index (κ2) is 5.51. The molecule has 1 aliphatic rings. The molecule has 0 spiro atoms. The first-order valence-electron chi connectivity index (χ1n) is 5.27. The van der Waals surface area contributed by atoms with E-state index in [1.165, 1.54) is 7.05 Å². The predicted octanol–water partition coefficient (Wildman–Crippen LogP) is -2.66. The van der Waals surface area contributed by atoms with Crippen LogP contribution in [0.1, 0.15) is 0 Å². The zero-order valence-corrected chi connectivity index (χ0v) is 11.8. The highest BCUT2D eigenvalue weighted by atomic mass is 32.3. The number of sulfone groups is 1. The Balaban J connectivity index is 3.00. The maximum atomic E-state index is 12.0. The minimum atomic E-state index is -4.00.